The molecule has 2 fully saturated rings. The van der Waals surface area contributed by atoms with Crippen molar-refractivity contribution < 1.29 is 13.5 Å². The quantitative estimate of drug-likeness (QED) is 0.444. The van der Waals surface area contributed by atoms with E-state index in [2.05, 4.69) is 6.92 Å². The normalized spacial score (nSPS) is 30.8. The second-order valence-corrected chi connectivity index (χ2v) is 8.90. The highest BCUT2D eigenvalue weighted by Crippen LogP contribution is 2.51. The molecule has 0 amide bonds. The molecule has 2 unspecified atom stereocenters. The lowest BCUT2D eigenvalue weighted by molar-refractivity contribution is -0.0845. The molecule has 0 saturated heterocycles. The van der Waals surface area contributed by atoms with E-state index in [1.165, 1.54) is 51.4 Å². The molecule has 2 aliphatic carbocycles. The van der Waals surface area contributed by atoms with E-state index in [-0.39, 0.29) is 12.3 Å². The molecular weight excluding hydrogens is 342 g/mol. The zero-order valence-electron chi connectivity index (χ0n) is 17.1. The van der Waals surface area contributed by atoms with Gasteiger partial charge in [0.15, 0.2) is 0 Å². The number of alkyl halides is 2. The summed E-state index contributed by atoms with van der Waals surface area (Å²) in [7, 11) is 1.60. The van der Waals surface area contributed by atoms with Crippen LogP contribution in [0.3, 0.4) is 0 Å². The number of ether oxygens (including phenoxy) is 1. The lowest BCUT2D eigenvalue weighted by atomic mass is 9.66. The number of hydrogen-bond donors (Lipinski definition) is 0. The monoisotopic (exact) mass is 378 g/mol. The molecule has 0 N–H and O–H groups in total. The van der Waals surface area contributed by atoms with Crippen molar-refractivity contribution in [2.24, 2.45) is 17.8 Å². The second-order valence-electron chi connectivity index (χ2n) is 8.90. The van der Waals surface area contributed by atoms with Crippen LogP contribution in [0.4, 0.5) is 8.78 Å². The number of halogens is 2. The molecule has 27 heavy (non-hydrogen) atoms. The summed E-state index contributed by atoms with van der Waals surface area (Å²) in [6, 6.07) is 7.24. The fourth-order valence-electron chi connectivity index (χ4n) is 5.47. The van der Waals surface area contributed by atoms with E-state index < -0.39 is 11.8 Å². The molecule has 0 aromatic heterocycles. The number of benzene rings is 1. The third kappa shape index (κ3) is 5.23. The van der Waals surface area contributed by atoms with Crippen molar-refractivity contribution in [3.63, 3.8) is 0 Å². The van der Waals surface area contributed by atoms with Gasteiger partial charge in [0.25, 0.3) is 5.92 Å². The van der Waals surface area contributed by atoms with Gasteiger partial charge in [-0.05, 0) is 61.1 Å². The van der Waals surface area contributed by atoms with Gasteiger partial charge in [-0.15, -0.1) is 0 Å². The van der Waals surface area contributed by atoms with E-state index in [9.17, 15) is 8.78 Å². The van der Waals surface area contributed by atoms with E-state index in [4.69, 9.17) is 4.74 Å². The van der Waals surface area contributed by atoms with E-state index in [0.29, 0.717) is 12.3 Å². The summed E-state index contributed by atoms with van der Waals surface area (Å²) >= 11 is 0. The summed E-state index contributed by atoms with van der Waals surface area (Å²) in [5.41, 5.74) is 0.763. The number of methoxy groups -OCH3 is 1. The van der Waals surface area contributed by atoms with Crippen molar-refractivity contribution in [1.29, 1.82) is 0 Å². The Kier molecular flexibility index (Phi) is 7.16. The third-order valence-electron chi connectivity index (χ3n) is 7.16. The SMILES string of the molecule is CCCCC[C@H]1CC[C@H](C2CCC(c3ccc(OC)cc3)C(F)(F)C2)CC1. The van der Waals surface area contributed by atoms with Gasteiger partial charge in [0.1, 0.15) is 5.75 Å². The molecule has 0 aliphatic heterocycles. The Morgan fingerprint density at radius 1 is 0.926 bits per heavy atom. The smallest absolute Gasteiger partial charge is 0.255 e. The third-order valence-corrected chi connectivity index (χ3v) is 7.16. The average Bonchev–Trinajstić information content (AvgIpc) is 2.68. The minimum atomic E-state index is -2.59. The topological polar surface area (TPSA) is 9.23 Å². The number of hydrogen-bond acceptors (Lipinski definition) is 1. The molecule has 2 saturated carbocycles. The summed E-state index contributed by atoms with van der Waals surface area (Å²) in [6.45, 7) is 2.25. The van der Waals surface area contributed by atoms with Crippen molar-refractivity contribution >= 4 is 0 Å². The molecule has 2 atom stereocenters. The highest BCUT2D eigenvalue weighted by Gasteiger charge is 2.47. The van der Waals surface area contributed by atoms with Crippen molar-refractivity contribution in [3.8, 4) is 5.75 Å². The van der Waals surface area contributed by atoms with E-state index >= 15 is 0 Å². The maximum absolute atomic E-state index is 15.0. The van der Waals surface area contributed by atoms with Gasteiger partial charge in [-0.2, -0.15) is 0 Å². The van der Waals surface area contributed by atoms with Crippen molar-refractivity contribution in [1.82, 2.24) is 0 Å². The fraction of sp³-hybridized carbons (Fsp3) is 0.750. The largest absolute Gasteiger partial charge is 0.497 e. The molecule has 3 rings (SSSR count). The van der Waals surface area contributed by atoms with Crippen LogP contribution in [-0.2, 0) is 0 Å². The van der Waals surface area contributed by atoms with Crippen LogP contribution in [-0.4, -0.2) is 13.0 Å². The molecule has 1 aromatic carbocycles. The molecule has 1 nitrogen and oxygen atoms in total. The molecular formula is C24H36F2O. The van der Waals surface area contributed by atoms with Crippen LogP contribution in [0.5, 0.6) is 5.75 Å². The molecule has 2 aliphatic rings. The van der Waals surface area contributed by atoms with Gasteiger partial charge < -0.3 is 4.74 Å². The summed E-state index contributed by atoms with van der Waals surface area (Å²) < 4.78 is 35.1. The summed E-state index contributed by atoms with van der Waals surface area (Å²) in [5.74, 6) is -0.906. The molecule has 152 valence electrons. The zero-order valence-corrected chi connectivity index (χ0v) is 17.1. The highest BCUT2D eigenvalue weighted by atomic mass is 19.3. The van der Waals surface area contributed by atoms with Crippen LogP contribution in [0.25, 0.3) is 0 Å². The summed E-state index contributed by atoms with van der Waals surface area (Å²) in [4.78, 5) is 0. The van der Waals surface area contributed by atoms with Gasteiger partial charge in [0, 0.05) is 12.3 Å². The van der Waals surface area contributed by atoms with Gasteiger partial charge in [0.05, 0.1) is 7.11 Å². The maximum Gasteiger partial charge on any atom is 0.255 e. The van der Waals surface area contributed by atoms with Crippen molar-refractivity contribution in [3.05, 3.63) is 29.8 Å². The highest BCUT2D eigenvalue weighted by molar-refractivity contribution is 5.31. The first kappa shape index (κ1) is 20.6. The molecule has 0 spiro atoms. The summed E-state index contributed by atoms with van der Waals surface area (Å²) in [5, 5.41) is 0. The number of unbranched alkanes of at least 4 members (excludes halogenated alkanes) is 2. The molecule has 0 heterocycles. The Hall–Kier alpha value is -1.12. The molecule has 0 radical (unpaired) electrons. The Bertz CT molecular complexity index is 560. The summed E-state index contributed by atoms with van der Waals surface area (Å²) in [6.07, 6.45) is 11.8. The lowest BCUT2D eigenvalue weighted by Crippen LogP contribution is -2.37. The first-order valence-corrected chi connectivity index (χ1v) is 11.0. The average molecular weight is 379 g/mol. The second kappa shape index (κ2) is 9.39. The minimum absolute atomic E-state index is 0.0782. The molecule has 3 heteroatoms. The van der Waals surface area contributed by atoms with Gasteiger partial charge >= 0.3 is 0 Å². The van der Waals surface area contributed by atoms with Gasteiger partial charge in [0.2, 0.25) is 0 Å². The van der Waals surface area contributed by atoms with Crippen LogP contribution in [0.15, 0.2) is 24.3 Å². The molecule has 1 aromatic rings. The minimum Gasteiger partial charge on any atom is -0.497 e. The maximum atomic E-state index is 15.0. The predicted octanol–water partition coefficient (Wildman–Crippen LogP) is 7.60. The van der Waals surface area contributed by atoms with Crippen LogP contribution in [0, 0.1) is 17.8 Å². The van der Waals surface area contributed by atoms with Gasteiger partial charge in [-0.3, -0.25) is 0 Å². The van der Waals surface area contributed by atoms with Crippen LogP contribution >= 0.6 is 0 Å². The Morgan fingerprint density at radius 3 is 2.19 bits per heavy atom. The lowest BCUT2D eigenvalue weighted by Gasteiger charge is -2.41. The standard InChI is InChI=1S/C24H36F2O/c1-3-4-5-6-18-7-9-19(10-8-18)21-13-16-23(24(25,26)17-21)20-11-14-22(27-2)15-12-20/h11-12,14-15,18-19,21,23H,3-10,13,16-17H2,1-2H3/t18-,19-,21?,23?. The van der Waals surface area contributed by atoms with Gasteiger partial charge in [-0.1, -0.05) is 57.6 Å². The Balaban J connectivity index is 1.53. The van der Waals surface area contributed by atoms with Gasteiger partial charge in [-0.25, -0.2) is 8.78 Å². The first-order valence-electron chi connectivity index (χ1n) is 11.0. The number of rotatable bonds is 7. The van der Waals surface area contributed by atoms with Crippen LogP contribution in [0.2, 0.25) is 0 Å². The van der Waals surface area contributed by atoms with E-state index in [1.807, 2.05) is 12.1 Å². The van der Waals surface area contributed by atoms with Crippen LogP contribution in [0.1, 0.15) is 89.0 Å². The molecule has 0 bridgehead atoms. The Labute approximate surface area is 163 Å². The fourth-order valence-corrected chi connectivity index (χ4v) is 5.47. The first-order chi connectivity index (χ1) is 13.0. The zero-order chi connectivity index (χ0) is 19.3. The van der Waals surface area contributed by atoms with Crippen molar-refractivity contribution in [2.45, 2.75) is 89.4 Å². The van der Waals surface area contributed by atoms with E-state index in [1.54, 1.807) is 19.2 Å². The Morgan fingerprint density at radius 2 is 1.59 bits per heavy atom. The van der Waals surface area contributed by atoms with Crippen molar-refractivity contribution in [2.75, 3.05) is 7.11 Å². The van der Waals surface area contributed by atoms with E-state index in [0.717, 1.165) is 23.7 Å². The predicted molar refractivity (Wildman–Crippen MR) is 108 cm³/mol. The van der Waals surface area contributed by atoms with Crippen LogP contribution < -0.4 is 4.74 Å².